The van der Waals surface area contributed by atoms with E-state index < -0.39 is 6.16 Å². The van der Waals surface area contributed by atoms with Crippen LogP contribution in [0.2, 0.25) is 0 Å². The molecule has 0 saturated heterocycles. The molecule has 4 heteroatoms. The van der Waals surface area contributed by atoms with Crippen molar-refractivity contribution in [3.63, 3.8) is 0 Å². The standard InChI is InChI=1S/C32H44O4/c1-2-3-4-5-6-7-8-9-10-11-12-13-14-21-26-35-32(34)36-31(29-24-19-16-20-25-29)27-30(33)28-22-17-15-18-23-28/h15-20,22-25,27H,2-14,21,26H2,1H3/b31-27+. The second-order valence-corrected chi connectivity index (χ2v) is 9.40. The highest BCUT2D eigenvalue weighted by Gasteiger charge is 2.13. The number of carbonyl (C=O) groups is 2. The molecule has 0 aromatic heterocycles. The smallest absolute Gasteiger partial charge is 0.434 e. The molecule has 36 heavy (non-hydrogen) atoms. The first-order chi connectivity index (χ1) is 17.7. The van der Waals surface area contributed by atoms with Crippen molar-refractivity contribution in [2.24, 2.45) is 0 Å². The third kappa shape index (κ3) is 13.3. The molecule has 0 aliphatic carbocycles. The number of allylic oxidation sites excluding steroid dienone is 1. The van der Waals surface area contributed by atoms with Crippen LogP contribution in [0.15, 0.2) is 66.7 Å². The van der Waals surface area contributed by atoms with Crippen molar-refractivity contribution in [1.82, 2.24) is 0 Å². The van der Waals surface area contributed by atoms with Crippen LogP contribution in [0.5, 0.6) is 0 Å². The van der Waals surface area contributed by atoms with Crippen molar-refractivity contribution in [2.75, 3.05) is 6.61 Å². The minimum absolute atomic E-state index is 0.190. The van der Waals surface area contributed by atoms with Crippen molar-refractivity contribution in [1.29, 1.82) is 0 Å². The maximum atomic E-state index is 12.6. The summed E-state index contributed by atoms with van der Waals surface area (Å²) >= 11 is 0. The molecule has 4 nitrogen and oxygen atoms in total. The van der Waals surface area contributed by atoms with Gasteiger partial charge in [-0.25, -0.2) is 4.79 Å². The minimum atomic E-state index is -0.777. The monoisotopic (exact) mass is 492 g/mol. The van der Waals surface area contributed by atoms with Gasteiger partial charge in [-0.3, -0.25) is 4.79 Å². The van der Waals surface area contributed by atoms with Crippen LogP contribution >= 0.6 is 0 Å². The fraction of sp³-hybridized carbons (Fsp3) is 0.500. The van der Waals surface area contributed by atoms with Crippen LogP contribution in [0.3, 0.4) is 0 Å². The number of ether oxygens (including phenoxy) is 2. The van der Waals surface area contributed by atoms with Gasteiger partial charge in [0.2, 0.25) is 0 Å². The number of hydrogen-bond acceptors (Lipinski definition) is 4. The zero-order valence-corrected chi connectivity index (χ0v) is 22.1. The van der Waals surface area contributed by atoms with Gasteiger partial charge < -0.3 is 9.47 Å². The van der Waals surface area contributed by atoms with Gasteiger partial charge in [-0.05, 0) is 6.42 Å². The molecule has 0 unspecified atom stereocenters. The lowest BCUT2D eigenvalue weighted by atomic mass is 10.0. The number of carbonyl (C=O) groups excluding carboxylic acids is 2. The minimum Gasteiger partial charge on any atom is -0.434 e. The number of benzene rings is 2. The van der Waals surface area contributed by atoms with E-state index >= 15 is 0 Å². The van der Waals surface area contributed by atoms with E-state index in [1.165, 1.54) is 76.7 Å². The fourth-order valence-electron chi connectivity index (χ4n) is 4.15. The van der Waals surface area contributed by atoms with E-state index in [0.717, 1.165) is 19.3 Å². The van der Waals surface area contributed by atoms with Gasteiger partial charge in [0, 0.05) is 17.2 Å². The Hall–Kier alpha value is -2.88. The summed E-state index contributed by atoms with van der Waals surface area (Å²) in [5.74, 6) is -0.0374. The molecular formula is C32H44O4. The molecule has 0 spiro atoms. The summed E-state index contributed by atoms with van der Waals surface area (Å²) in [6.45, 7) is 2.59. The summed E-state index contributed by atoms with van der Waals surface area (Å²) in [5.41, 5.74) is 1.18. The van der Waals surface area contributed by atoms with Crippen molar-refractivity contribution in [3.05, 3.63) is 77.9 Å². The molecule has 0 radical (unpaired) electrons. The summed E-state index contributed by atoms with van der Waals surface area (Å²) in [4.78, 5) is 24.9. The molecule has 2 aromatic carbocycles. The van der Waals surface area contributed by atoms with Crippen molar-refractivity contribution < 1.29 is 19.1 Å². The lowest BCUT2D eigenvalue weighted by molar-refractivity contribution is 0.0885. The highest BCUT2D eigenvalue weighted by molar-refractivity contribution is 6.08. The first-order valence-electron chi connectivity index (χ1n) is 13.9. The summed E-state index contributed by atoms with van der Waals surface area (Å²) in [5, 5.41) is 0. The molecule has 0 aliphatic heterocycles. The molecule has 0 N–H and O–H groups in total. The first-order valence-corrected chi connectivity index (χ1v) is 13.9. The zero-order chi connectivity index (χ0) is 25.7. The second kappa shape index (κ2) is 19.3. The van der Waals surface area contributed by atoms with E-state index in [9.17, 15) is 9.59 Å². The molecule has 0 bridgehead atoms. The predicted molar refractivity (Wildman–Crippen MR) is 148 cm³/mol. The van der Waals surface area contributed by atoms with Crippen molar-refractivity contribution in [2.45, 2.75) is 96.8 Å². The van der Waals surface area contributed by atoms with Gasteiger partial charge in [0.1, 0.15) is 5.76 Å². The Labute approximate surface area is 218 Å². The molecule has 0 atom stereocenters. The van der Waals surface area contributed by atoms with Gasteiger partial charge in [-0.15, -0.1) is 0 Å². The Balaban J connectivity index is 1.59. The molecule has 0 amide bonds. The van der Waals surface area contributed by atoms with Crippen LogP contribution in [-0.2, 0) is 9.47 Å². The Morgan fingerprint density at radius 1 is 0.611 bits per heavy atom. The number of ketones is 1. The average molecular weight is 493 g/mol. The summed E-state index contributed by atoms with van der Waals surface area (Å²) < 4.78 is 10.7. The predicted octanol–water partition coefficient (Wildman–Crippen LogP) is 9.54. The molecule has 0 fully saturated rings. The summed E-state index contributed by atoms with van der Waals surface area (Å²) in [6, 6.07) is 18.0. The lowest BCUT2D eigenvalue weighted by Crippen LogP contribution is -2.09. The van der Waals surface area contributed by atoms with Crippen LogP contribution < -0.4 is 0 Å². The van der Waals surface area contributed by atoms with Gasteiger partial charge in [-0.1, -0.05) is 151 Å². The highest BCUT2D eigenvalue weighted by atomic mass is 16.7. The van der Waals surface area contributed by atoms with E-state index in [0.29, 0.717) is 17.7 Å². The highest BCUT2D eigenvalue weighted by Crippen LogP contribution is 2.18. The van der Waals surface area contributed by atoms with Gasteiger partial charge in [0.05, 0.1) is 6.61 Å². The van der Waals surface area contributed by atoms with Crippen LogP contribution in [0.4, 0.5) is 4.79 Å². The first kappa shape index (κ1) is 29.4. The van der Waals surface area contributed by atoms with Crippen LogP contribution in [0, 0.1) is 0 Å². The SMILES string of the molecule is CCCCCCCCCCCCCCCCOC(=O)O/C(=C/C(=O)c1ccccc1)c1ccccc1. The van der Waals surface area contributed by atoms with Gasteiger partial charge >= 0.3 is 6.16 Å². The second-order valence-electron chi connectivity index (χ2n) is 9.40. The molecular weight excluding hydrogens is 448 g/mol. The molecule has 0 aliphatic rings. The maximum absolute atomic E-state index is 12.6. The van der Waals surface area contributed by atoms with E-state index in [1.54, 1.807) is 36.4 Å². The van der Waals surface area contributed by atoms with E-state index in [2.05, 4.69) is 6.92 Å². The van der Waals surface area contributed by atoms with Crippen LogP contribution in [0.25, 0.3) is 5.76 Å². The molecule has 0 saturated carbocycles. The summed E-state index contributed by atoms with van der Waals surface area (Å²) in [6.07, 6.45) is 18.5. The third-order valence-electron chi connectivity index (χ3n) is 6.29. The fourth-order valence-corrected chi connectivity index (χ4v) is 4.15. The largest absolute Gasteiger partial charge is 0.513 e. The Bertz CT molecular complexity index is 874. The average Bonchev–Trinajstić information content (AvgIpc) is 2.91. The number of rotatable bonds is 19. The van der Waals surface area contributed by atoms with Gasteiger partial charge in [0.15, 0.2) is 5.78 Å². The van der Waals surface area contributed by atoms with Gasteiger partial charge in [-0.2, -0.15) is 0 Å². The van der Waals surface area contributed by atoms with E-state index in [1.807, 2.05) is 24.3 Å². The maximum Gasteiger partial charge on any atom is 0.513 e. The zero-order valence-electron chi connectivity index (χ0n) is 22.1. The molecule has 196 valence electrons. The Kier molecular flexibility index (Phi) is 15.8. The van der Waals surface area contributed by atoms with Gasteiger partial charge in [0.25, 0.3) is 0 Å². The van der Waals surface area contributed by atoms with E-state index in [4.69, 9.17) is 9.47 Å². The normalized spacial score (nSPS) is 11.3. The van der Waals surface area contributed by atoms with E-state index in [-0.39, 0.29) is 11.5 Å². The third-order valence-corrected chi connectivity index (χ3v) is 6.29. The van der Waals surface area contributed by atoms with Crippen molar-refractivity contribution in [3.8, 4) is 0 Å². The lowest BCUT2D eigenvalue weighted by Gasteiger charge is -2.10. The molecule has 2 aromatic rings. The van der Waals surface area contributed by atoms with Crippen molar-refractivity contribution >= 4 is 17.7 Å². The summed E-state index contributed by atoms with van der Waals surface area (Å²) in [7, 11) is 0. The van der Waals surface area contributed by atoms with Crippen LogP contribution in [0.1, 0.15) is 113 Å². The molecule has 0 heterocycles. The number of hydrogen-bond donors (Lipinski definition) is 0. The quantitative estimate of drug-likeness (QED) is 0.0644. The number of unbranched alkanes of at least 4 members (excludes halogenated alkanes) is 13. The Morgan fingerprint density at radius 2 is 1.06 bits per heavy atom. The Morgan fingerprint density at radius 3 is 1.56 bits per heavy atom. The topological polar surface area (TPSA) is 52.6 Å². The van der Waals surface area contributed by atoms with Crippen LogP contribution in [-0.4, -0.2) is 18.5 Å². The molecule has 2 rings (SSSR count).